The highest BCUT2D eigenvalue weighted by molar-refractivity contribution is 5.95. The Morgan fingerprint density at radius 3 is 2.76 bits per heavy atom. The molecule has 0 aliphatic carbocycles. The van der Waals surface area contributed by atoms with Gasteiger partial charge in [-0.05, 0) is 57.6 Å². The molecule has 116 valence electrons. The predicted octanol–water partition coefficient (Wildman–Crippen LogP) is 1.54. The zero-order valence-electron chi connectivity index (χ0n) is 13.1. The highest BCUT2D eigenvalue weighted by Gasteiger charge is 2.13. The number of aryl methyl sites for hydroxylation is 1. The van der Waals surface area contributed by atoms with Crippen LogP contribution in [-0.2, 0) is 4.79 Å². The van der Waals surface area contributed by atoms with Gasteiger partial charge in [0.2, 0.25) is 5.91 Å². The molecule has 21 heavy (non-hydrogen) atoms. The molecule has 0 aromatic heterocycles. The maximum atomic E-state index is 12.0. The van der Waals surface area contributed by atoms with Crippen LogP contribution in [0.25, 0.3) is 0 Å². The summed E-state index contributed by atoms with van der Waals surface area (Å²) < 4.78 is 0. The molecule has 1 heterocycles. The van der Waals surface area contributed by atoms with Crippen LogP contribution >= 0.6 is 0 Å². The fraction of sp³-hybridized carbons (Fsp3) is 0.562. The number of nitrogen functional groups attached to an aromatic ring is 1. The molecular formula is C16H26N4O. The van der Waals surface area contributed by atoms with Crippen molar-refractivity contribution >= 4 is 17.3 Å². The average Bonchev–Trinajstić information content (AvgIpc) is 2.93. The smallest absolute Gasteiger partial charge is 0.238 e. The third kappa shape index (κ3) is 5.02. The molecule has 0 radical (unpaired) electrons. The Morgan fingerprint density at radius 1 is 1.38 bits per heavy atom. The van der Waals surface area contributed by atoms with Gasteiger partial charge in [-0.25, -0.2) is 0 Å². The Kier molecular flexibility index (Phi) is 5.59. The minimum atomic E-state index is -0.0190. The van der Waals surface area contributed by atoms with Gasteiger partial charge in [-0.1, -0.05) is 6.07 Å². The quantitative estimate of drug-likeness (QED) is 0.780. The summed E-state index contributed by atoms with van der Waals surface area (Å²) in [6, 6.07) is 5.67. The summed E-state index contributed by atoms with van der Waals surface area (Å²) in [5.41, 5.74) is 8.30. The summed E-state index contributed by atoms with van der Waals surface area (Å²) in [6.07, 6.45) is 2.60. The number of likely N-dealkylation sites (N-methyl/N-ethyl adjacent to an activating group) is 1. The molecule has 0 saturated carbocycles. The van der Waals surface area contributed by atoms with Crippen molar-refractivity contribution in [1.29, 1.82) is 0 Å². The molecule has 0 spiro atoms. The van der Waals surface area contributed by atoms with Crippen LogP contribution in [0.1, 0.15) is 18.4 Å². The molecule has 3 N–H and O–H groups in total. The summed E-state index contributed by atoms with van der Waals surface area (Å²) in [7, 11) is 1.98. The first-order valence-corrected chi connectivity index (χ1v) is 7.61. The Hall–Kier alpha value is -1.59. The first kappa shape index (κ1) is 15.8. The predicted molar refractivity (Wildman–Crippen MR) is 87.4 cm³/mol. The zero-order chi connectivity index (χ0) is 15.2. The minimum absolute atomic E-state index is 0.0190. The molecule has 1 saturated heterocycles. The average molecular weight is 290 g/mol. The third-order valence-corrected chi connectivity index (χ3v) is 3.89. The summed E-state index contributed by atoms with van der Waals surface area (Å²) in [5, 5.41) is 2.88. The van der Waals surface area contributed by atoms with Gasteiger partial charge >= 0.3 is 0 Å². The topological polar surface area (TPSA) is 61.6 Å². The number of amides is 1. The van der Waals surface area contributed by atoms with Gasteiger partial charge in [-0.15, -0.1) is 0 Å². The first-order chi connectivity index (χ1) is 10.0. The van der Waals surface area contributed by atoms with Crippen LogP contribution in [0, 0.1) is 6.92 Å². The molecule has 1 aromatic carbocycles. The van der Waals surface area contributed by atoms with Gasteiger partial charge in [0, 0.05) is 13.1 Å². The van der Waals surface area contributed by atoms with Gasteiger partial charge in [-0.3, -0.25) is 9.69 Å². The number of likely N-dealkylation sites (tertiary alicyclic amines) is 1. The second-order valence-electron chi connectivity index (χ2n) is 5.93. The van der Waals surface area contributed by atoms with E-state index >= 15 is 0 Å². The number of rotatable bonds is 6. The van der Waals surface area contributed by atoms with Gasteiger partial charge in [-0.2, -0.15) is 0 Å². The van der Waals surface area contributed by atoms with E-state index in [-0.39, 0.29) is 5.91 Å². The van der Waals surface area contributed by atoms with E-state index in [4.69, 9.17) is 5.73 Å². The van der Waals surface area contributed by atoms with Crippen LogP contribution in [0.15, 0.2) is 18.2 Å². The standard InChI is InChI=1S/C16H26N4O/c1-13-5-6-15(14(17)11-13)18-16(21)12-19(2)9-10-20-7-3-4-8-20/h5-6,11H,3-4,7-10,12,17H2,1-2H3,(H,18,21). The van der Waals surface area contributed by atoms with Gasteiger partial charge < -0.3 is 16.0 Å². The van der Waals surface area contributed by atoms with Gasteiger partial charge in [0.05, 0.1) is 17.9 Å². The van der Waals surface area contributed by atoms with E-state index in [1.807, 2.05) is 32.2 Å². The van der Waals surface area contributed by atoms with Crippen LogP contribution in [0.4, 0.5) is 11.4 Å². The molecule has 5 heteroatoms. The number of carbonyl (C=O) groups excluding carboxylic acids is 1. The highest BCUT2D eigenvalue weighted by atomic mass is 16.2. The summed E-state index contributed by atoms with van der Waals surface area (Å²) in [5.74, 6) is -0.0190. The molecule has 1 amide bonds. The Morgan fingerprint density at radius 2 is 2.10 bits per heavy atom. The van der Waals surface area contributed by atoms with E-state index in [1.165, 1.54) is 25.9 Å². The number of nitrogens with zero attached hydrogens (tertiary/aromatic N) is 2. The molecule has 0 bridgehead atoms. The van der Waals surface area contributed by atoms with E-state index < -0.39 is 0 Å². The van der Waals surface area contributed by atoms with E-state index in [1.54, 1.807) is 0 Å². The lowest BCUT2D eigenvalue weighted by atomic mass is 10.2. The molecule has 1 fully saturated rings. The van der Waals surface area contributed by atoms with Gasteiger partial charge in [0.15, 0.2) is 0 Å². The Bertz CT molecular complexity index is 483. The van der Waals surface area contributed by atoms with E-state index in [9.17, 15) is 4.79 Å². The van der Waals surface area contributed by atoms with Crippen molar-refractivity contribution in [1.82, 2.24) is 9.80 Å². The monoisotopic (exact) mass is 290 g/mol. The van der Waals surface area contributed by atoms with Crippen LogP contribution in [-0.4, -0.2) is 55.5 Å². The lowest BCUT2D eigenvalue weighted by Gasteiger charge is -2.21. The largest absolute Gasteiger partial charge is 0.397 e. The zero-order valence-corrected chi connectivity index (χ0v) is 13.1. The van der Waals surface area contributed by atoms with Crippen molar-refractivity contribution in [2.75, 3.05) is 50.8 Å². The second kappa shape index (κ2) is 7.43. The molecule has 1 aliphatic rings. The van der Waals surface area contributed by atoms with E-state index in [2.05, 4.69) is 15.1 Å². The van der Waals surface area contributed by atoms with E-state index in [0.29, 0.717) is 17.9 Å². The Labute approximate surface area is 127 Å². The molecular weight excluding hydrogens is 264 g/mol. The summed E-state index contributed by atoms with van der Waals surface area (Å²) >= 11 is 0. The lowest BCUT2D eigenvalue weighted by Crippen LogP contribution is -2.36. The SMILES string of the molecule is Cc1ccc(NC(=O)CN(C)CCN2CCCC2)c(N)c1. The maximum Gasteiger partial charge on any atom is 0.238 e. The number of nitrogens with two attached hydrogens (primary N) is 1. The van der Waals surface area contributed by atoms with Gasteiger partial charge in [0.25, 0.3) is 0 Å². The van der Waals surface area contributed by atoms with Crippen molar-refractivity contribution in [2.24, 2.45) is 0 Å². The van der Waals surface area contributed by atoms with Crippen LogP contribution < -0.4 is 11.1 Å². The van der Waals surface area contributed by atoms with Crippen molar-refractivity contribution in [2.45, 2.75) is 19.8 Å². The highest BCUT2D eigenvalue weighted by Crippen LogP contribution is 2.19. The van der Waals surface area contributed by atoms with Crippen molar-refractivity contribution < 1.29 is 4.79 Å². The maximum absolute atomic E-state index is 12.0. The molecule has 5 nitrogen and oxygen atoms in total. The first-order valence-electron chi connectivity index (χ1n) is 7.61. The summed E-state index contributed by atoms with van der Waals surface area (Å²) in [6.45, 7) is 6.71. The lowest BCUT2D eigenvalue weighted by molar-refractivity contribution is -0.117. The normalized spacial score (nSPS) is 15.6. The van der Waals surface area contributed by atoms with Crippen LogP contribution in [0.2, 0.25) is 0 Å². The number of hydrogen-bond acceptors (Lipinski definition) is 4. The fourth-order valence-corrected chi connectivity index (χ4v) is 2.63. The fourth-order valence-electron chi connectivity index (χ4n) is 2.63. The van der Waals surface area contributed by atoms with Crippen molar-refractivity contribution in [3.63, 3.8) is 0 Å². The number of benzene rings is 1. The number of nitrogens with one attached hydrogen (secondary N) is 1. The molecule has 1 aromatic rings. The molecule has 0 unspecified atom stereocenters. The molecule has 2 rings (SSSR count). The van der Waals surface area contributed by atoms with Crippen LogP contribution in [0.3, 0.4) is 0 Å². The van der Waals surface area contributed by atoms with E-state index in [0.717, 1.165) is 18.7 Å². The number of carbonyl (C=O) groups is 1. The molecule has 0 atom stereocenters. The van der Waals surface area contributed by atoms with Crippen molar-refractivity contribution in [3.05, 3.63) is 23.8 Å². The Balaban J connectivity index is 1.75. The third-order valence-electron chi connectivity index (χ3n) is 3.89. The van der Waals surface area contributed by atoms with Crippen LogP contribution in [0.5, 0.6) is 0 Å². The summed E-state index contributed by atoms with van der Waals surface area (Å²) in [4.78, 5) is 16.5. The number of anilines is 2. The number of hydrogen-bond donors (Lipinski definition) is 2. The molecule has 1 aliphatic heterocycles. The van der Waals surface area contributed by atoms with Crippen molar-refractivity contribution in [3.8, 4) is 0 Å². The second-order valence-corrected chi connectivity index (χ2v) is 5.93. The van der Waals surface area contributed by atoms with Gasteiger partial charge in [0.1, 0.15) is 0 Å². The minimum Gasteiger partial charge on any atom is -0.397 e.